The molecule has 2 N–H and O–H groups in total. The van der Waals surface area contributed by atoms with Crippen molar-refractivity contribution in [2.75, 3.05) is 11.8 Å². The number of thiophene rings is 1. The zero-order valence-corrected chi connectivity index (χ0v) is 13.1. The van der Waals surface area contributed by atoms with Crippen molar-refractivity contribution in [2.45, 2.75) is 11.1 Å². The van der Waals surface area contributed by atoms with Crippen molar-refractivity contribution in [2.24, 2.45) is 0 Å². The molecular weight excluding hydrogens is 322 g/mol. The third-order valence-electron chi connectivity index (χ3n) is 2.55. The van der Waals surface area contributed by atoms with Crippen molar-refractivity contribution < 1.29 is 18.3 Å². The van der Waals surface area contributed by atoms with Gasteiger partial charge in [-0.15, -0.1) is 11.3 Å². The van der Waals surface area contributed by atoms with Crippen LogP contribution in [0.2, 0.25) is 4.34 Å². The first-order chi connectivity index (χ1) is 9.33. The summed E-state index contributed by atoms with van der Waals surface area (Å²) in [5.74, 6) is 0.245. The molecule has 8 heteroatoms. The number of anilines is 1. The normalized spacial score (nSPS) is 11.3. The summed E-state index contributed by atoms with van der Waals surface area (Å²) in [6, 6.07) is 5.75. The Morgan fingerprint density at radius 3 is 2.60 bits per heavy atom. The fourth-order valence-electron chi connectivity index (χ4n) is 1.48. The van der Waals surface area contributed by atoms with Crippen LogP contribution in [0.4, 0.5) is 5.69 Å². The first-order valence-electron chi connectivity index (χ1n) is 5.49. The van der Waals surface area contributed by atoms with Crippen molar-refractivity contribution in [1.82, 2.24) is 0 Å². The van der Waals surface area contributed by atoms with E-state index in [9.17, 15) is 13.5 Å². The molecule has 0 radical (unpaired) electrons. The molecule has 0 saturated carbocycles. The summed E-state index contributed by atoms with van der Waals surface area (Å²) in [6.45, 7) is 1.72. The monoisotopic (exact) mass is 333 g/mol. The second-order valence-electron chi connectivity index (χ2n) is 4.01. The molecule has 0 fully saturated rings. The van der Waals surface area contributed by atoms with Crippen molar-refractivity contribution in [3.8, 4) is 11.5 Å². The highest BCUT2D eigenvalue weighted by molar-refractivity contribution is 7.94. The first-order valence-corrected chi connectivity index (χ1v) is 8.17. The van der Waals surface area contributed by atoms with Gasteiger partial charge in [0.25, 0.3) is 10.0 Å². The Kier molecular flexibility index (Phi) is 4.12. The molecule has 2 aromatic rings. The maximum atomic E-state index is 12.2. The zero-order chi connectivity index (χ0) is 14.9. The second-order valence-corrected chi connectivity index (χ2v) is 7.57. The number of nitrogens with one attached hydrogen (secondary N) is 1. The molecular formula is C12H12ClNO4S2. The molecule has 1 heterocycles. The number of phenols is 1. The van der Waals surface area contributed by atoms with Crippen LogP contribution < -0.4 is 9.46 Å². The van der Waals surface area contributed by atoms with E-state index in [1.54, 1.807) is 6.92 Å². The highest BCUT2D eigenvalue weighted by atomic mass is 35.5. The molecule has 2 rings (SSSR count). The Hall–Kier alpha value is -1.44. The number of rotatable bonds is 4. The number of hydrogen-bond donors (Lipinski definition) is 2. The first kappa shape index (κ1) is 15.0. The van der Waals surface area contributed by atoms with Crippen LogP contribution in [0.25, 0.3) is 0 Å². The van der Waals surface area contributed by atoms with E-state index in [1.165, 1.54) is 31.4 Å². The summed E-state index contributed by atoms with van der Waals surface area (Å²) < 4.78 is 32.2. The number of aryl methyl sites for hydroxylation is 1. The predicted octanol–water partition coefficient (Wildman–Crippen LogP) is 3.22. The van der Waals surface area contributed by atoms with Gasteiger partial charge in [0.05, 0.1) is 17.1 Å². The standard InChI is InChI=1S/C12H12ClNO4S2/c1-7-5-11(19-12(7)13)20(16,17)14-9-6-8(18-2)3-4-10(9)15/h3-6,14-15H,1-2H3. The average Bonchev–Trinajstić information content (AvgIpc) is 2.73. The number of phenolic OH excluding ortho intramolecular Hbond substituents is 1. The minimum Gasteiger partial charge on any atom is -0.506 e. The molecule has 0 aliphatic rings. The quantitative estimate of drug-likeness (QED) is 0.842. The number of benzene rings is 1. The van der Waals surface area contributed by atoms with E-state index in [0.717, 1.165) is 11.3 Å². The van der Waals surface area contributed by atoms with Crippen molar-refractivity contribution in [3.05, 3.63) is 34.2 Å². The van der Waals surface area contributed by atoms with Crippen molar-refractivity contribution in [1.29, 1.82) is 0 Å². The average molecular weight is 334 g/mol. The Labute approximate surface area is 125 Å². The number of ether oxygens (including phenoxy) is 1. The van der Waals surface area contributed by atoms with Crippen LogP contribution in [0.1, 0.15) is 5.56 Å². The van der Waals surface area contributed by atoms with Crippen LogP contribution in [0.5, 0.6) is 11.5 Å². The van der Waals surface area contributed by atoms with Gasteiger partial charge in [0, 0.05) is 6.07 Å². The molecule has 1 aromatic heterocycles. The summed E-state index contributed by atoms with van der Waals surface area (Å²) in [5.41, 5.74) is 0.735. The van der Waals surface area contributed by atoms with Gasteiger partial charge < -0.3 is 9.84 Å². The van der Waals surface area contributed by atoms with E-state index in [4.69, 9.17) is 16.3 Å². The molecule has 1 aromatic carbocycles. The largest absolute Gasteiger partial charge is 0.506 e. The number of methoxy groups -OCH3 is 1. The predicted molar refractivity (Wildman–Crippen MR) is 79.5 cm³/mol. The van der Waals surface area contributed by atoms with Gasteiger partial charge in [-0.05, 0) is 30.7 Å². The molecule has 108 valence electrons. The molecule has 0 unspecified atom stereocenters. The second kappa shape index (κ2) is 5.51. The molecule has 0 amide bonds. The van der Waals surface area contributed by atoms with Crippen LogP contribution in [-0.2, 0) is 10.0 Å². The third kappa shape index (κ3) is 3.00. The van der Waals surface area contributed by atoms with Gasteiger partial charge in [-0.1, -0.05) is 11.6 Å². The van der Waals surface area contributed by atoms with Gasteiger partial charge in [-0.3, -0.25) is 4.72 Å². The molecule has 0 aliphatic heterocycles. The van der Waals surface area contributed by atoms with E-state index in [-0.39, 0.29) is 15.6 Å². The van der Waals surface area contributed by atoms with Gasteiger partial charge in [0.1, 0.15) is 15.7 Å². The van der Waals surface area contributed by atoms with Gasteiger partial charge in [-0.2, -0.15) is 0 Å². The Balaban J connectivity index is 2.37. The Bertz CT molecular complexity index is 720. The number of aromatic hydroxyl groups is 1. The van der Waals surface area contributed by atoms with E-state index < -0.39 is 10.0 Å². The minimum absolute atomic E-state index is 0.0477. The van der Waals surface area contributed by atoms with Crippen LogP contribution in [0.15, 0.2) is 28.5 Å². The third-order valence-corrected chi connectivity index (χ3v) is 5.94. The number of hydrogen-bond acceptors (Lipinski definition) is 5. The van der Waals surface area contributed by atoms with Crippen molar-refractivity contribution >= 4 is 38.6 Å². The molecule has 0 saturated heterocycles. The lowest BCUT2D eigenvalue weighted by Crippen LogP contribution is -2.11. The molecule has 5 nitrogen and oxygen atoms in total. The highest BCUT2D eigenvalue weighted by Crippen LogP contribution is 2.34. The molecule has 0 atom stereocenters. The fraction of sp³-hybridized carbons (Fsp3) is 0.167. The number of sulfonamides is 1. The van der Waals surface area contributed by atoms with Crippen LogP contribution in [0.3, 0.4) is 0 Å². The summed E-state index contributed by atoms with van der Waals surface area (Å²) >= 11 is 6.83. The maximum absolute atomic E-state index is 12.2. The smallest absolute Gasteiger partial charge is 0.271 e. The zero-order valence-electron chi connectivity index (χ0n) is 10.7. The lowest BCUT2D eigenvalue weighted by Gasteiger charge is -2.09. The lowest BCUT2D eigenvalue weighted by atomic mass is 10.3. The van der Waals surface area contributed by atoms with Crippen molar-refractivity contribution in [3.63, 3.8) is 0 Å². The topological polar surface area (TPSA) is 75.6 Å². The van der Waals surface area contributed by atoms with E-state index in [2.05, 4.69) is 4.72 Å². The van der Waals surface area contributed by atoms with Gasteiger partial charge in [0.2, 0.25) is 0 Å². The maximum Gasteiger partial charge on any atom is 0.271 e. The van der Waals surface area contributed by atoms with E-state index in [0.29, 0.717) is 15.6 Å². The molecule has 0 aliphatic carbocycles. The summed E-state index contributed by atoms with van der Waals surface area (Å²) in [5, 5.41) is 9.70. The molecule has 20 heavy (non-hydrogen) atoms. The van der Waals surface area contributed by atoms with Gasteiger partial charge in [0.15, 0.2) is 0 Å². The van der Waals surface area contributed by atoms with E-state index in [1.807, 2.05) is 0 Å². The molecule has 0 bridgehead atoms. The summed E-state index contributed by atoms with van der Waals surface area (Å²) in [6.07, 6.45) is 0. The van der Waals surface area contributed by atoms with Crippen LogP contribution in [-0.4, -0.2) is 20.6 Å². The molecule has 0 spiro atoms. The number of halogens is 1. The SMILES string of the molecule is COc1ccc(O)c(NS(=O)(=O)c2cc(C)c(Cl)s2)c1. The van der Waals surface area contributed by atoms with E-state index >= 15 is 0 Å². The van der Waals surface area contributed by atoms with Crippen LogP contribution in [0, 0.1) is 6.92 Å². The highest BCUT2D eigenvalue weighted by Gasteiger charge is 2.20. The Morgan fingerprint density at radius 2 is 2.05 bits per heavy atom. The van der Waals surface area contributed by atoms with Crippen LogP contribution >= 0.6 is 22.9 Å². The fourth-order valence-corrected chi connectivity index (χ4v) is 4.26. The van der Waals surface area contributed by atoms with Gasteiger partial charge in [-0.25, -0.2) is 8.42 Å². The lowest BCUT2D eigenvalue weighted by molar-refractivity contribution is 0.413. The minimum atomic E-state index is -3.79. The Morgan fingerprint density at radius 1 is 1.35 bits per heavy atom. The summed E-state index contributed by atoms with van der Waals surface area (Å²) in [7, 11) is -2.34. The van der Waals surface area contributed by atoms with Gasteiger partial charge >= 0.3 is 0 Å². The summed E-state index contributed by atoms with van der Waals surface area (Å²) in [4.78, 5) is 0.